The van der Waals surface area contributed by atoms with Crippen LogP contribution in [0.15, 0.2) is 34.9 Å². The van der Waals surface area contributed by atoms with Crippen LogP contribution in [0.2, 0.25) is 0 Å². The summed E-state index contributed by atoms with van der Waals surface area (Å²) in [5.41, 5.74) is 2.38. The van der Waals surface area contributed by atoms with E-state index < -0.39 is 0 Å². The lowest BCUT2D eigenvalue weighted by Crippen LogP contribution is -2.26. The van der Waals surface area contributed by atoms with Crippen molar-refractivity contribution in [1.29, 1.82) is 0 Å². The van der Waals surface area contributed by atoms with E-state index in [2.05, 4.69) is 46.3 Å². The fraction of sp³-hybridized carbons (Fsp3) is 0.438. The summed E-state index contributed by atoms with van der Waals surface area (Å²) < 4.78 is 8.55. The van der Waals surface area contributed by atoms with Crippen molar-refractivity contribution < 1.29 is 4.74 Å². The van der Waals surface area contributed by atoms with E-state index in [1.165, 1.54) is 11.3 Å². The third-order valence-electron chi connectivity index (χ3n) is 3.53. The maximum absolute atomic E-state index is 5.47. The van der Waals surface area contributed by atoms with Gasteiger partial charge >= 0.3 is 0 Å². The minimum atomic E-state index is 0.197. The third-order valence-corrected chi connectivity index (χ3v) is 4.14. The lowest BCUT2D eigenvalue weighted by Gasteiger charge is -2.21. The molecule has 1 heterocycles. The van der Waals surface area contributed by atoms with E-state index in [9.17, 15) is 0 Å². The van der Waals surface area contributed by atoms with Gasteiger partial charge in [0.1, 0.15) is 5.75 Å². The smallest absolute Gasteiger partial charge is 0.122 e. The molecule has 4 nitrogen and oxygen atoms in total. The molecule has 1 aromatic carbocycles. The van der Waals surface area contributed by atoms with Crippen LogP contribution in [0.3, 0.4) is 0 Å². The molecule has 0 saturated carbocycles. The zero-order valence-electron chi connectivity index (χ0n) is 12.8. The number of aromatic nitrogens is 2. The number of aryl methyl sites for hydroxylation is 1. The zero-order valence-corrected chi connectivity index (χ0v) is 14.4. The molecule has 2 aromatic rings. The van der Waals surface area contributed by atoms with Crippen molar-refractivity contribution in [3.05, 3.63) is 46.2 Å². The molecule has 0 amide bonds. The number of benzene rings is 1. The number of halogens is 1. The molecule has 1 aromatic heterocycles. The van der Waals surface area contributed by atoms with Gasteiger partial charge in [-0.3, -0.25) is 4.68 Å². The first kappa shape index (κ1) is 16.0. The van der Waals surface area contributed by atoms with Crippen molar-refractivity contribution in [3.8, 4) is 5.75 Å². The highest BCUT2D eigenvalue weighted by Crippen LogP contribution is 2.29. The summed E-state index contributed by atoms with van der Waals surface area (Å²) >= 11 is 3.62. The van der Waals surface area contributed by atoms with E-state index in [1.807, 2.05) is 29.1 Å². The molecule has 0 radical (unpaired) electrons. The number of nitrogens with one attached hydrogen (secondary N) is 1. The Morgan fingerprint density at radius 3 is 2.76 bits per heavy atom. The summed E-state index contributed by atoms with van der Waals surface area (Å²) in [4.78, 5) is 0. The average Bonchev–Trinajstić information content (AvgIpc) is 2.88. The fourth-order valence-corrected chi connectivity index (χ4v) is 3.15. The Morgan fingerprint density at radius 1 is 1.33 bits per heavy atom. The first-order valence-corrected chi connectivity index (χ1v) is 8.07. The standard InChI is InChI=1S/C16H22BrN3O/c1-4-18-14(16-13(17)11-19-20(16)5-2)10-12-8-6-7-9-15(12)21-3/h6-9,11,14,18H,4-5,10H2,1-3H3. The van der Waals surface area contributed by atoms with Gasteiger partial charge in [0.2, 0.25) is 0 Å². The Labute approximate surface area is 134 Å². The molecule has 1 atom stereocenters. The minimum absolute atomic E-state index is 0.197. The van der Waals surface area contributed by atoms with E-state index in [-0.39, 0.29) is 6.04 Å². The summed E-state index contributed by atoms with van der Waals surface area (Å²) in [6, 6.07) is 8.36. The highest BCUT2D eigenvalue weighted by molar-refractivity contribution is 9.10. The van der Waals surface area contributed by atoms with E-state index >= 15 is 0 Å². The van der Waals surface area contributed by atoms with Crippen LogP contribution < -0.4 is 10.1 Å². The number of nitrogens with zero attached hydrogens (tertiary/aromatic N) is 2. The molecule has 0 bridgehead atoms. The topological polar surface area (TPSA) is 39.1 Å². The molecule has 0 aliphatic carbocycles. The Kier molecular flexibility index (Phi) is 5.82. The molecule has 0 saturated heterocycles. The SMILES string of the molecule is CCNC(Cc1ccccc1OC)c1c(Br)cnn1CC. The first-order valence-electron chi connectivity index (χ1n) is 7.27. The summed E-state index contributed by atoms with van der Waals surface area (Å²) in [5, 5.41) is 7.97. The number of hydrogen-bond acceptors (Lipinski definition) is 3. The lowest BCUT2D eigenvalue weighted by atomic mass is 10.0. The fourth-order valence-electron chi connectivity index (χ4n) is 2.57. The van der Waals surface area contributed by atoms with Gasteiger partial charge in [-0.2, -0.15) is 5.10 Å². The predicted molar refractivity (Wildman–Crippen MR) is 88.7 cm³/mol. The van der Waals surface area contributed by atoms with E-state index in [0.717, 1.165) is 29.7 Å². The van der Waals surface area contributed by atoms with Crippen molar-refractivity contribution in [2.24, 2.45) is 0 Å². The van der Waals surface area contributed by atoms with Gasteiger partial charge < -0.3 is 10.1 Å². The number of rotatable bonds is 7. The number of ether oxygens (including phenoxy) is 1. The van der Waals surface area contributed by atoms with Gasteiger partial charge in [-0.15, -0.1) is 0 Å². The Hall–Kier alpha value is -1.33. The van der Waals surface area contributed by atoms with Crippen molar-refractivity contribution in [2.45, 2.75) is 32.9 Å². The van der Waals surface area contributed by atoms with Crippen LogP contribution in [0.25, 0.3) is 0 Å². The highest BCUT2D eigenvalue weighted by atomic mass is 79.9. The monoisotopic (exact) mass is 351 g/mol. The van der Waals surface area contributed by atoms with Crippen LogP contribution in [0.5, 0.6) is 5.75 Å². The average molecular weight is 352 g/mol. The van der Waals surface area contributed by atoms with Crippen LogP contribution in [0.4, 0.5) is 0 Å². The van der Waals surface area contributed by atoms with Crippen LogP contribution in [0, 0.1) is 0 Å². The Bertz CT molecular complexity index is 583. The summed E-state index contributed by atoms with van der Waals surface area (Å²) in [6.07, 6.45) is 2.73. The second kappa shape index (κ2) is 7.61. The quantitative estimate of drug-likeness (QED) is 0.828. The van der Waals surface area contributed by atoms with Crippen LogP contribution in [0.1, 0.15) is 31.1 Å². The molecule has 1 N–H and O–H groups in total. The molecule has 2 rings (SSSR count). The number of methoxy groups -OCH3 is 1. The van der Waals surface area contributed by atoms with Crippen molar-refractivity contribution in [3.63, 3.8) is 0 Å². The van der Waals surface area contributed by atoms with Gasteiger partial charge in [-0.05, 0) is 47.4 Å². The summed E-state index contributed by atoms with van der Waals surface area (Å²) in [7, 11) is 1.72. The minimum Gasteiger partial charge on any atom is -0.496 e. The van der Waals surface area contributed by atoms with Gasteiger partial charge in [0.05, 0.1) is 29.5 Å². The molecule has 0 fully saturated rings. The molecule has 0 aliphatic heterocycles. The maximum atomic E-state index is 5.47. The second-order valence-corrected chi connectivity index (χ2v) is 5.67. The van der Waals surface area contributed by atoms with Crippen molar-refractivity contribution in [2.75, 3.05) is 13.7 Å². The largest absolute Gasteiger partial charge is 0.496 e. The predicted octanol–water partition coefficient (Wildman–Crippen LogP) is 3.57. The third kappa shape index (κ3) is 3.66. The number of para-hydroxylation sites is 1. The Balaban J connectivity index is 2.33. The molecule has 21 heavy (non-hydrogen) atoms. The number of hydrogen-bond donors (Lipinski definition) is 1. The first-order chi connectivity index (χ1) is 10.2. The number of likely N-dealkylation sites (N-methyl/N-ethyl adjacent to an activating group) is 1. The molecule has 114 valence electrons. The van der Waals surface area contributed by atoms with Gasteiger partial charge in [-0.25, -0.2) is 0 Å². The lowest BCUT2D eigenvalue weighted by molar-refractivity contribution is 0.403. The summed E-state index contributed by atoms with van der Waals surface area (Å²) in [6.45, 7) is 5.99. The van der Waals surface area contributed by atoms with E-state index in [4.69, 9.17) is 4.74 Å². The second-order valence-electron chi connectivity index (χ2n) is 4.82. The van der Waals surface area contributed by atoms with E-state index in [1.54, 1.807) is 7.11 Å². The van der Waals surface area contributed by atoms with Gasteiger partial charge in [0.25, 0.3) is 0 Å². The van der Waals surface area contributed by atoms with Gasteiger partial charge in [-0.1, -0.05) is 25.1 Å². The maximum Gasteiger partial charge on any atom is 0.122 e. The zero-order chi connectivity index (χ0) is 15.2. The molecule has 0 aliphatic rings. The van der Waals surface area contributed by atoms with Crippen LogP contribution in [-0.4, -0.2) is 23.4 Å². The van der Waals surface area contributed by atoms with E-state index in [0.29, 0.717) is 0 Å². The van der Waals surface area contributed by atoms with Crippen molar-refractivity contribution in [1.82, 2.24) is 15.1 Å². The molecule has 0 spiro atoms. The normalized spacial score (nSPS) is 12.4. The van der Waals surface area contributed by atoms with Crippen LogP contribution >= 0.6 is 15.9 Å². The molecule has 5 heteroatoms. The molecular weight excluding hydrogens is 330 g/mol. The molecular formula is C16H22BrN3O. The Morgan fingerprint density at radius 2 is 2.10 bits per heavy atom. The highest BCUT2D eigenvalue weighted by Gasteiger charge is 2.20. The van der Waals surface area contributed by atoms with Gasteiger partial charge in [0, 0.05) is 6.54 Å². The summed E-state index contributed by atoms with van der Waals surface area (Å²) in [5.74, 6) is 0.930. The van der Waals surface area contributed by atoms with Crippen molar-refractivity contribution >= 4 is 15.9 Å². The van der Waals surface area contributed by atoms with Crippen LogP contribution in [-0.2, 0) is 13.0 Å². The van der Waals surface area contributed by atoms with Gasteiger partial charge in [0.15, 0.2) is 0 Å². The molecule has 1 unspecified atom stereocenters.